The number of aromatic nitrogens is 1. The second kappa shape index (κ2) is 10.8. The molecule has 1 saturated heterocycles. The molecule has 5 rings (SSSR count). The number of carbonyl (C=O) groups is 6. The Kier molecular flexibility index (Phi) is 7.46. The molecule has 1 aromatic heterocycles. The molecule has 0 radical (unpaired) electrons. The molecule has 17 nitrogen and oxygen atoms in total. The summed E-state index contributed by atoms with van der Waals surface area (Å²) in [5.41, 5.74) is 2.53. The van der Waals surface area contributed by atoms with Crippen LogP contribution in [0, 0.1) is 0 Å². The number of nitrogens with zero attached hydrogens (tertiary/aromatic N) is 4. The maximum atomic E-state index is 13.2. The zero-order chi connectivity index (χ0) is 32.2. The van der Waals surface area contributed by atoms with Crippen LogP contribution in [0.5, 0.6) is 11.5 Å². The molecule has 0 spiro atoms. The van der Waals surface area contributed by atoms with Gasteiger partial charge in [0.1, 0.15) is 22.8 Å². The number of rotatable bonds is 9. The van der Waals surface area contributed by atoms with Crippen LogP contribution < -0.4 is 11.1 Å². The zero-order valence-corrected chi connectivity index (χ0v) is 24.3. The predicted octanol–water partition coefficient (Wildman–Crippen LogP) is -0.245. The first-order valence-electron chi connectivity index (χ1n) is 12.5. The van der Waals surface area contributed by atoms with Gasteiger partial charge in [0.15, 0.2) is 22.3 Å². The monoisotopic (exact) mass is 646 g/mol. The zero-order valence-electron chi connectivity index (χ0n) is 22.6. The number of hydrogen-bond acceptors (Lipinski definition) is 14. The molecule has 3 aliphatic heterocycles. The highest BCUT2D eigenvalue weighted by Crippen LogP contribution is 2.41. The van der Waals surface area contributed by atoms with Crippen LogP contribution in [0.3, 0.4) is 0 Å². The highest BCUT2D eigenvalue weighted by Gasteiger charge is 2.55. The molecule has 4 amide bonds. The number of carbonyl (C=O) groups excluding carboxylic acids is 4. The van der Waals surface area contributed by atoms with E-state index in [-0.39, 0.29) is 33.3 Å². The quantitative estimate of drug-likeness (QED) is 0.0675. The highest BCUT2D eigenvalue weighted by atomic mass is 32.2. The van der Waals surface area contributed by atoms with Crippen molar-refractivity contribution in [2.75, 3.05) is 18.0 Å². The lowest BCUT2D eigenvalue weighted by atomic mass is 10.0. The first kappa shape index (κ1) is 30.3. The van der Waals surface area contributed by atoms with Gasteiger partial charge in [-0.2, -0.15) is 0 Å². The van der Waals surface area contributed by atoms with Crippen LogP contribution in [0.25, 0.3) is 0 Å². The third-order valence-corrected chi connectivity index (χ3v) is 8.82. The molecule has 4 heterocycles. The SMILES string of the molecule is CC(C)(ON=C(C(=O)NC1C(=O)N2C(C(=O)O)=C(CN3C(=O)c4cc(O)c(O)cc4C3=O)CS[C@@H]12)c1csc(N)n1)C(=O)O. The maximum Gasteiger partial charge on any atom is 0.352 e. The molecule has 230 valence electrons. The number of oxime groups is 1. The number of nitrogen functional groups attached to an aromatic ring is 1. The van der Waals surface area contributed by atoms with E-state index in [1.165, 1.54) is 19.2 Å². The fourth-order valence-electron chi connectivity index (χ4n) is 4.46. The molecule has 1 unspecified atom stereocenters. The van der Waals surface area contributed by atoms with Gasteiger partial charge in [-0.05, 0) is 31.6 Å². The summed E-state index contributed by atoms with van der Waals surface area (Å²) >= 11 is 2.03. The van der Waals surface area contributed by atoms with E-state index in [9.17, 15) is 49.2 Å². The summed E-state index contributed by atoms with van der Waals surface area (Å²) in [7, 11) is 0. The lowest BCUT2D eigenvalue weighted by molar-refractivity contribution is -0.161. The standard InChI is InChI=1S/C25H22N6O11S2/c1-25(2,23(40)41)42-29-14(11-7-44-24(26)27-11)17(34)28-15-20(37)31-16(22(38)39)8(6-43-21(15)31)5-30-18(35)9-3-12(32)13(33)4-10(9)19(30)36/h3-4,7,15,21,32-33H,5-6H2,1-2H3,(H2,26,27)(H,28,34)(H,38,39)(H,40,41)/t15?,21-/m0/s1. The number of nitrogens with one attached hydrogen (secondary N) is 1. The number of β-lactam (4-membered cyclic amide) rings is 1. The maximum absolute atomic E-state index is 13.2. The smallest absolute Gasteiger partial charge is 0.352 e. The molecule has 1 fully saturated rings. The first-order valence-corrected chi connectivity index (χ1v) is 14.4. The normalized spacial score (nSPS) is 19.9. The van der Waals surface area contributed by atoms with Crippen LogP contribution in [0.4, 0.5) is 5.13 Å². The molecule has 44 heavy (non-hydrogen) atoms. The molecular weight excluding hydrogens is 624 g/mol. The third-order valence-electron chi connectivity index (χ3n) is 6.81. The number of carboxylic acid groups (broad SMARTS) is 2. The van der Waals surface area contributed by atoms with E-state index in [2.05, 4.69) is 15.5 Å². The summed E-state index contributed by atoms with van der Waals surface area (Å²) in [5, 5.41) is 45.5. The van der Waals surface area contributed by atoms with Crippen LogP contribution in [0.2, 0.25) is 0 Å². The number of aliphatic carboxylic acids is 2. The average Bonchev–Trinajstić information content (AvgIpc) is 3.48. The molecule has 2 atom stereocenters. The Morgan fingerprint density at radius 1 is 1.14 bits per heavy atom. The van der Waals surface area contributed by atoms with Crippen LogP contribution in [-0.4, -0.2) is 106 Å². The number of imide groups is 1. The number of thioether (sulfide) groups is 1. The van der Waals surface area contributed by atoms with Crippen molar-refractivity contribution < 1.29 is 54.0 Å². The Morgan fingerprint density at radius 3 is 2.27 bits per heavy atom. The van der Waals surface area contributed by atoms with Gasteiger partial charge in [-0.15, -0.1) is 23.1 Å². The number of benzene rings is 1. The van der Waals surface area contributed by atoms with E-state index >= 15 is 0 Å². The van der Waals surface area contributed by atoms with Gasteiger partial charge < -0.3 is 36.3 Å². The van der Waals surface area contributed by atoms with Crippen LogP contribution >= 0.6 is 23.1 Å². The van der Waals surface area contributed by atoms with Crippen molar-refractivity contribution in [2.45, 2.75) is 30.9 Å². The lowest BCUT2D eigenvalue weighted by Gasteiger charge is -2.49. The molecule has 0 saturated carbocycles. The minimum absolute atomic E-state index is 0.0498. The highest BCUT2D eigenvalue weighted by molar-refractivity contribution is 8.00. The van der Waals surface area contributed by atoms with Crippen molar-refractivity contribution >= 4 is 69.5 Å². The summed E-state index contributed by atoms with van der Waals surface area (Å²) in [6, 6.07) is 0.628. The van der Waals surface area contributed by atoms with Crippen LogP contribution in [0.15, 0.2) is 33.9 Å². The van der Waals surface area contributed by atoms with Crippen molar-refractivity contribution in [3.63, 3.8) is 0 Å². The average molecular weight is 647 g/mol. The van der Waals surface area contributed by atoms with Crippen LogP contribution in [-0.2, 0) is 24.0 Å². The number of aromatic hydroxyl groups is 2. The minimum Gasteiger partial charge on any atom is -0.504 e. The van der Waals surface area contributed by atoms with Crippen molar-refractivity contribution in [3.8, 4) is 11.5 Å². The summed E-state index contributed by atoms with van der Waals surface area (Å²) in [5.74, 6) is -7.60. The second-order valence-corrected chi connectivity index (χ2v) is 12.1. The van der Waals surface area contributed by atoms with Crippen molar-refractivity contribution in [3.05, 3.63) is 45.6 Å². The number of hydrogen-bond donors (Lipinski definition) is 6. The number of phenolic OH excluding ortho intramolecular Hbond substituents is 2. The first-order chi connectivity index (χ1) is 20.6. The minimum atomic E-state index is -1.83. The van der Waals surface area contributed by atoms with Gasteiger partial charge in [0.25, 0.3) is 23.6 Å². The number of nitrogens with two attached hydrogens (primary N) is 1. The fraction of sp³-hybridized carbons (Fsp3) is 0.280. The van der Waals surface area contributed by atoms with Gasteiger partial charge in [0.2, 0.25) is 5.60 Å². The van der Waals surface area contributed by atoms with Gasteiger partial charge in [-0.25, -0.2) is 14.6 Å². The molecule has 3 aliphatic rings. The molecular formula is C25H22N6O11S2. The van der Waals surface area contributed by atoms with Crippen molar-refractivity contribution in [1.82, 2.24) is 20.1 Å². The number of anilines is 1. The molecule has 1 aromatic carbocycles. The molecule has 0 bridgehead atoms. The second-order valence-electron chi connectivity index (χ2n) is 10.1. The Morgan fingerprint density at radius 2 is 1.75 bits per heavy atom. The summed E-state index contributed by atoms with van der Waals surface area (Å²) in [4.78, 5) is 86.6. The van der Waals surface area contributed by atoms with Gasteiger partial charge in [-0.1, -0.05) is 5.16 Å². The topological polar surface area (TPSA) is 262 Å². The largest absolute Gasteiger partial charge is 0.504 e. The summed E-state index contributed by atoms with van der Waals surface area (Å²) < 4.78 is 0. The Bertz CT molecular complexity index is 1690. The Hall–Kier alpha value is -5.17. The number of fused-ring (bicyclic) bond motifs is 2. The van der Waals surface area contributed by atoms with Gasteiger partial charge in [0, 0.05) is 11.1 Å². The molecule has 19 heteroatoms. The van der Waals surface area contributed by atoms with Gasteiger partial charge in [0.05, 0.1) is 17.7 Å². The van der Waals surface area contributed by atoms with E-state index < -0.39 is 82.0 Å². The van der Waals surface area contributed by atoms with E-state index in [1.54, 1.807) is 0 Å². The molecule has 0 aliphatic carbocycles. The van der Waals surface area contributed by atoms with E-state index in [1.807, 2.05) is 0 Å². The van der Waals surface area contributed by atoms with Crippen LogP contribution in [0.1, 0.15) is 40.3 Å². The van der Waals surface area contributed by atoms with E-state index in [0.717, 1.165) is 45.0 Å². The number of phenols is 2. The number of amides is 4. The van der Waals surface area contributed by atoms with Gasteiger partial charge >= 0.3 is 11.9 Å². The van der Waals surface area contributed by atoms with Crippen molar-refractivity contribution in [2.24, 2.45) is 5.16 Å². The fourth-order valence-corrected chi connectivity index (χ4v) is 6.35. The van der Waals surface area contributed by atoms with E-state index in [0.29, 0.717) is 0 Å². The molecule has 7 N–H and O–H groups in total. The molecule has 2 aromatic rings. The number of thiazole rings is 1. The summed E-state index contributed by atoms with van der Waals surface area (Å²) in [6.45, 7) is 1.90. The number of carboxylic acids is 2. The summed E-state index contributed by atoms with van der Waals surface area (Å²) in [6.07, 6.45) is 0. The van der Waals surface area contributed by atoms with Gasteiger partial charge in [-0.3, -0.25) is 29.0 Å². The van der Waals surface area contributed by atoms with Crippen molar-refractivity contribution in [1.29, 1.82) is 0 Å². The Labute approximate surface area is 254 Å². The predicted molar refractivity (Wildman–Crippen MR) is 151 cm³/mol. The van der Waals surface area contributed by atoms with E-state index in [4.69, 9.17) is 10.6 Å². The Balaban J connectivity index is 1.37. The lowest BCUT2D eigenvalue weighted by Crippen LogP contribution is -2.71. The third kappa shape index (κ3) is 5.04.